The lowest BCUT2D eigenvalue weighted by atomic mass is 10.1. The molecule has 1 aromatic carbocycles. The van der Waals surface area contributed by atoms with Crippen LogP contribution in [0.3, 0.4) is 0 Å². The highest BCUT2D eigenvalue weighted by molar-refractivity contribution is 5.95. The third kappa shape index (κ3) is 3.88. The molecular formula is C16H19N3O4. The molecule has 2 aromatic rings. The standard InChI is InChI=1S/C16H19N3O4/c1-3-18(4-2)14-8-7-12(10-15(14)19(21)22)16(20)17-11-13-6-5-9-23-13/h5-10H,3-4,11H2,1-2H3,(H,17,20). The first-order valence-electron chi connectivity index (χ1n) is 7.40. The molecule has 7 nitrogen and oxygen atoms in total. The molecule has 0 saturated heterocycles. The number of hydrogen-bond donors (Lipinski definition) is 1. The van der Waals surface area contributed by atoms with Crippen molar-refractivity contribution in [3.8, 4) is 0 Å². The maximum atomic E-state index is 12.1. The molecular weight excluding hydrogens is 298 g/mol. The summed E-state index contributed by atoms with van der Waals surface area (Å²) in [6, 6.07) is 7.99. The van der Waals surface area contributed by atoms with Crippen LogP contribution in [0.2, 0.25) is 0 Å². The Bertz CT molecular complexity index is 679. The molecule has 122 valence electrons. The molecule has 1 amide bonds. The number of carbonyl (C=O) groups excluding carboxylic acids is 1. The first-order valence-corrected chi connectivity index (χ1v) is 7.40. The van der Waals surface area contributed by atoms with E-state index >= 15 is 0 Å². The molecule has 1 aromatic heterocycles. The van der Waals surface area contributed by atoms with Crippen molar-refractivity contribution in [2.45, 2.75) is 20.4 Å². The van der Waals surface area contributed by atoms with Crippen molar-refractivity contribution in [2.75, 3.05) is 18.0 Å². The summed E-state index contributed by atoms with van der Waals surface area (Å²) >= 11 is 0. The fraction of sp³-hybridized carbons (Fsp3) is 0.312. The molecule has 0 unspecified atom stereocenters. The van der Waals surface area contributed by atoms with Crippen LogP contribution in [0, 0.1) is 10.1 Å². The Kier molecular flexibility index (Phi) is 5.35. The van der Waals surface area contributed by atoms with Crippen LogP contribution >= 0.6 is 0 Å². The van der Waals surface area contributed by atoms with E-state index in [1.807, 2.05) is 18.7 Å². The fourth-order valence-corrected chi connectivity index (χ4v) is 2.33. The molecule has 7 heteroatoms. The van der Waals surface area contributed by atoms with E-state index < -0.39 is 4.92 Å². The van der Waals surface area contributed by atoms with Crippen molar-refractivity contribution in [3.05, 3.63) is 58.0 Å². The van der Waals surface area contributed by atoms with Gasteiger partial charge in [-0.25, -0.2) is 0 Å². The summed E-state index contributed by atoms with van der Waals surface area (Å²) in [7, 11) is 0. The van der Waals surface area contributed by atoms with E-state index in [1.54, 1.807) is 24.3 Å². The van der Waals surface area contributed by atoms with Gasteiger partial charge in [0.1, 0.15) is 11.4 Å². The number of nitrogens with zero attached hydrogens (tertiary/aromatic N) is 2. The van der Waals surface area contributed by atoms with E-state index in [9.17, 15) is 14.9 Å². The van der Waals surface area contributed by atoms with Crippen molar-refractivity contribution >= 4 is 17.3 Å². The molecule has 0 aliphatic carbocycles. The number of furan rings is 1. The van der Waals surface area contributed by atoms with Gasteiger partial charge < -0.3 is 14.6 Å². The molecule has 0 fully saturated rings. The Morgan fingerprint density at radius 3 is 2.61 bits per heavy atom. The van der Waals surface area contributed by atoms with Gasteiger partial charge in [0.2, 0.25) is 0 Å². The Hall–Kier alpha value is -2.83. The molecule has 0 spiro atoms. The monoisotopic (exact) mass is 317 g/mol. The maximum absolute atomic E-state index is 12.1. The Morgan fingerprint density at radius 2 is 2.04 bits per heavy atom. The lowest BCUT2D eigenvalue weighted by Crippen LogP contribution is -2.25. The first kappa shape index (κ1) is 16.5. The van der Waals surface area contributed by atoms with Gasteiger partial charge in [-0.1, -0.05) is 0 Å². The second kappa shape index (κ2) is 7.44. The molecule has 0 atom stereocenters. The summed E-state index contributed by atoms with van der Waals surface area (Å²) in [6.45, 7) is 5.40. The molecule has 23 heavy (non-hydrogen) atoms. The summed E-state index contributed by atoms with van der Waals surface area (Å²) in [6.07, 6.45) is 1.52. The largest absolute Gasteiger partial charge is 0.467 e. The zero-order chi connectivity index (χ0) is 16.8. The van der Waals surface area contributed by atoms with Crippen LogP contribution in [-0.4, -0.2) is 23.9 Å². The van der Waals surface area contributed by atoms with Gasteiger partial charge >= 0.3 is 0 Å². The van der Waals surface area contributed by atoms with Gasteiger partial charge in [0.15, 0.2) is 0 Å². The first-order chi connectivity index (χ1) is 11.1. The molecule has 0 aliphatic heterocycles. The van der Waals surface area contributed by atoms with Crippen LogP contribution in [0.4, 0.5) is 11.4 Å². The number of nitro groups is 1. The lowest BCUT2D eigenvalue weighted by molar-refractivity contribution is -0.384. The SMILES string of the molecule is CCN(CC)c1ccc(C(=O)NCc2ccco2)cc1[N+](=O)[O-]. The predicted molar refractivity (Wildman–Crippen MR) is 86.5 cm³/mol. The zero-order valence-corrected chi connectivity index (χ0v) is 13.1. The molecule has 1 heterocycles. The normalized spacial score (nSPS) is 10.3. The third-order valence-electron chi connectivity index (χ3n) is 3.54. The van der Waals surface area contributed by atoms with Crippen LogP contribution in [0.1, 0.15) is 30.0 Å². The highest BCUT2D eigenvalue weighted by Gasteiger charge is 2.20. The van der Waals surface area contributed by atoms with Gasteiger partial charge in [-0.05, 0) is 38.1 Å². The van der Waals surface area contributed by atoms with Crippen molar-refractivity contribution < 1.29 is 14.1 Å². The molecule has 2 rings (SSSR count). The maximum Gasteiger partial charge on any atom is 0.293 e. The second-order valence-corrected chi connectivity index (χ2v) is 4.89. The molecule has 0 radical (unpaired) electrons. The van der Waals surface area contributed by atoms with Gasteiger partial charge in [-0.3, -0.25) is 14.9 Å². The number of nitro benzene ring substituents is 1. The van der Waals surface area contributed by atoms with E-state index in [0.717, 1.165) is 0 Å². The fourth-order valence-electron chi connectivity index (χ4n) is 2.33. The van der Waals surface area contributed by atoms with E-state index in [-0.39, 0.29) is 23.7 Å². The molecule has 0 aliphatic rings. The van der Waals surface area contributed by atoms with Crippen LogP contribution in [0.5, 0.6) is 0 Å². The number of nitrogens with one attached hydrogen (secondary N) is 1. The van der Waals surface area contributed by atoms with E-state index in [1.165, 1.54) is 12.3 Å². The minimum absolute atomic E-state index is 0.0700. The Labute approximate surface area is 134 Å². The number of anilines is 1. The number of amides is 1. The van der Waals surface area contributed by atoms with Crippen LogP contribution in [0.15, 0.2) is 41.0 Å². The number of benzene rings is 1. The van der Waals surface area contributed by atoms with E-state index in [4.69, 9.17) is 4.42 Å². The van der Waals surface area contributed by atoms with Crippen LogP contribution < -0.4 is 10.2 Å². The number of hydrogen-bond acceptors (Lipinski definition) is 5. The lowest BCUT2D eigenvalue weighted by Gasteiger charge is -2.20. The molecule has 0 bridgehead atoms. The average Bonchev–Trinajstić information content (AvgIpc) is 3.07. The van der Waals surface area contributed by atoms with Crippen molar-refractivity contribution in [1.82, 2.24) is 5.32 Å². The van der Waals surface area contributed by atoms with Gasteiger partial charge in [0.25, 0.3) is 11.6 Å². The summed E-state index contributed by atoms with van der Waals surface area (Å²) in [5.74, 6) is 0.239. The summed E-state index contributed by atoms with van der Waals surface area (Å²) in [5.41, 5.74) is 0.695. The summed E-state index contributed by atoms with van der Waals surface area (Å²) < 4.78 is 5.13. The van der Waals surface area contributed by atoms with Crippen LogP contribution in [0.25, 0.3) is 0 Å². The number of rotatable bonds is 7. The Balaban J connectivity index is 2.21. The van der Waals surface area contributed by atoms with Gasteiger partial charge in [0, 0.05) is 24.7 Å². The van der Waals surface area contributed by atoms with Crippen molar-refractivity contribution in [3.63, 3.8) is 0 Å². The summed E-state index contributed by atoms with van der Waals surface area (Å²) in [4.78, 5) is 24.9. The quantitative estimate of drug-likeness (QED) is 0.626. The smallest absolute Gasteiger partial charge is 0.293 e. The minimum Gasteiger partial charge on any atom is -0.467 e. The second-order valence-electron chi connectivity index (χ2n) is 4.89. The summed E-state index contributed by atoms with van der Waals surface area (Å²) in [5, 5.41) is 14.0. The Morgan fingerprint density at radius 1 is 1.30 bits per heavy atom. The molecule has 1 N–H and O–H groups in total. The highest BCUT2D eigenvalue weighted by Crippen LogP contribution is 2.29. The molecule has 0 saturated carbocycles. The average molecular weight is 317 g/mol. The van der Waals surface area contributed by atoms with Crippen molar-refractivity contribution in [1.29, 1.82) is 0 Å². The predicted octanol–water partition coefficient (Wildman–Crippen LogP) is 2.96. The van der Waals surface area contributed by atoms with Gasteiger partial charge in [-0.2, -0.15) is 0 Å². The third-order valence-corrected chi connectivity index (χ3v) is 3.54. The highest BCUT2D eigenvalue weighted by atomic mass is 16.6. The van der Waals surface area contributed by atoms with Gasteiger partial charge in [-0.15, -0.1) is 0 Å². The van der Waals surface area contributed by atoms with Crippen molar-refractivity contribution in [2.24, 2.45) is 0 Å². The van der Waals surface area contributed by atoms with E-state index in [2.05, 4.69) is 5.32 Å². The minimum atomic E-state index is -0.461. The van der Waals surface area contributed by atoms with Crippen LogP contribution in [-0.2, 0) is 6.54 Å². The topological polar surface area (TPSA) is 88.6 Å². The zero-order valence-electron chi connectivity index (χ0n) is 13.1. The number of carbonyl (C=O) groups is 1. The van der Waals surface area contributed by atoms with E-state index in [0.29, 0.717) is 24.5 Å². The van der Waals surface area contributed by atoms with Gasteiger partial charge in [0.05, 0.1) is 17.7 Å².